The largest absolute Gasteiger partial charge is 0.353 e. The predicted octanol–water partition coefficient (Wildman–Crippen LogP) is 3.06. The molecule has 1 aromatic carbocycles. The number of benzene rings is 1. The van der Waals surface area contributed by atoms with Gasteiger partial charge in [0.05, 0.1) is 11.2 Å². The third kappa shape index (κ3) is 4.37. The van der Waals surface area contributed by atoms with Gasteiger partial charge in [-0.1, -0.05) is 37.3 Å². The molecule has 2 fully saturated rings. The highest BCUT2D eigenvalue weighted by Crippen LogP contribution is 2.37. The van der Waals surface area contributed by atoms with Crippen molar-refractivity contribution in [2.45, 2.75) is 63.8 Å². The Morgan fingerprint density at radius 3 is 2.26 bits per heavy atom. The monoisotopic (exact) mass is 392 g/mol. The number of hydrogen-bond donors (Lipinski definition) is 1. The van der Waals surface area contributed by atoms with Crippen molar-refractivity contribution in [1.82, 2.24) is 9.62 Å². The molecule has 150 valence electrons. The lowest BCUT2D eigenvalue weighted by Gasteiger charge is -2.41. The third-order valence-electron chi connectivity index (χ3n) is 6.45. The van der Waals surface area contributed by atoms with E-state index in [0.717, 1.165) is 37.2 Å². The highest BCUT2D eigenvalue weighted by atomic mass is 32.2. The Labute approximate surface area is 163 Å². The van der Waals surface area contributed by atoms with E-state index in [1.165, 1.54) is 0 Å². The average Bonchev–Trinajstić information content (AvgIpc) is 2.70. The van der Waals surface area contributed by atoms with Crippen LogP contribution >= 0.6 is 0 Å². The lowest BCUT2D eigenvalue weighted by Crippen LogP contribution is -2.55. The standard InChI is InChI=1S/C21H32N2O3S/c1-3-27(25,26)23-15-13-21(14-16-23,18-7-5-4-6-8-18)20(24)22-19-11-9-17(2)10-12-19/h4-8,17,19H,3,9-16H2,1-2H3,(H,22,24). The molecule has 27 heavy (non-hydrogen) atoms. The first-order chi connectivity index (χ1) is 12.9. The molecule has 0 bridgehead atoms. The summed E-state index contributed by atoms with van der Waals surface area (Å²) in [6, 6.07) is 10.1. The number of nitrogens with zero attached hydrogens (tertiary/aromatic N) is 1. The first-order valence-electron chi connectivity index (χ1n) is 10.2. The lowest BCUT2D eigenvalue weighted by molar-refractivity contribution is -0.129. The first-order valence-corrected chi connectivity index (χ1v) is 11.8. The van der Waals surface area contributed by atoms with Crippen molar-refractivity contribution in [3.8, 4) is 0 Å². The van der Waals surface area contributed by atoms with Crippen LogP contribution in [0.15, 0.2) is 30.3 Å². The topological polar surface area (TPSA) is 66.5 Å². The van der Waals surface area contributed by atoms with E-state index in [4.69, 9.17) is 0 Å². The summed E-state index contributed by atoms with van der Waals surface area (Å²) in [6.07, 6.45) is 5.45. The minimum absolute atomic E-state index is 0.0711. The van der Waals surface area contributed by atoms with Crippen LogP contribution in [0, 0.1) is 5.92 Å². The summed E-state index contributed by atoms with van der Waals surface area (Å²) in [4.78, 5) is 13.4. The van der Waals surface area contributed by atoms with Crippen LogP contribution < -0.4 is 5.32 Å². The van der Waals surface area contributed by atoms with Gasteiger partial charge in [0.25, 0.3) is 0 Å². The van der Waals surface area contributed by atoms with Crippen LogP contribution in [0.25, 0.3) is 0 Å². The highest BCUT2D eigenvalue weighted by Gasteiger charge is 2.45. The normalized spacial score (nSPS) is 26.4. The molecule has 1 N–H and O–H groups in total. The van der Waals surface area contributed by atoms with Crippen LogP contribution in [0.3, 0.4) is 0 Å². The molecule has 1 saturated heterocycles. The van der Waals surface area contributed by atoms with Crippen LogP contribution in [-0.2, 0) is 20.2 Å². The van der Waals surface area contributed by atoms with Gasteiger partial charge < -0.3 is 5.32 Å². The van der Waals surface area contributed by atoms with Gasteiger partial charge in [-0.3, -0.25) is 4.79 Å². The Hall–Kier alpha value is -1.40. The van der Waals surface area contributed by atoms with Gasteiger partial charge in [0, 0.05) is 19.1 Å². The molecule has 2 aliphatic rings. The lowest BCUT2D eigenvalue weighted by atomic mass is 9.72. The minimum atomic E-state index is -3.21. The molecular formula is C21H32N2O3S. The zero-order valence-corrected chi connectivity index (χ0v) is 17.3. The third-order valence-corrected chi connectivity index (χ3v) is 8.33. The maximum Gasteiger partial charge on any atom is 0.230 e. The van der Waals surface area contributed by atoms with Crippen molar-refractivity contribution >= 4 is 15.9 Å². The molecule has 1 aliphatic heterocycles. The number of carbonyl (C=O) groups is 1. The van der Waals surface area contributed by atoms with E-state index in [2.05, 4.69) is 12.2 Å². The van der Waals surface area contributed by atoms with Crippen molar-refractivity contribution in [3.63, 3.8) is 0 Å². The molecule has 1 saturated carbocycles. The predicted molar refractivity (Wildman–Crippen MR) is 108 cm³/mol. The first kappa shape index (κ1) is 20.3. The Kier molecular flexibility index (Phi) is 6.26. The van der Waals surface area contributed by atoms with Gasteiger partial charge in [-0.15, -0.1) is 0 Å². The zero-order chi connectivity index (χ0) is 19.5. The molecule has 0 spiro atoms. The Morgan fingerprint density at radius 2 is 1.70 bits per heavy atom. The van der Waals surface area contributed by atoms with E-state index >= 15 is 0 Å². The fourth-order valence-electron chi connectivity index (χ4n) is 4.46. The Bertz CT molecular complexity index is 732. The molecule has 0 unspecified atom stereocenters. The number of rotatable bonds is 5. The highest BCUT2D eigenvalue weighted by molar-refractivity contribution is 7.89. The van der Waals surface area contributed by atoms with Crippen molar-refractivity contribution in [2.75, 3.05) is 18.8 Å². The molecule has 1 amide bonds. The van der Waals surface area contributed by atoms with Crippen LogP contribution in [-0.4, -0.2) is 43.5 Å². The molecule has 0 aromatic heterocycles. The van der Waals surface area contributed by atoms with E-state index in [9.17, 15) is 13.2 Å². The molecule has 6 heteroatoms. The summed E-state index contributed by atoms with van der Waals surface area (Å²) in [5, 5.41) is 3.31. The van der Waals surface area contributed by atoms with E-state index < -0.39 is 15.4 Å². The summed E-state index contributed by atoms with van der Waals surface area (Å²) in [7, 11) is -3.21. The van der Waals surface area contributed by atoms with E-state index in [-0.39, 0.29) is 17.7 Å². The second-order valence-electron chi connectivity index (χ2n) is 8.18. The van der Waals surface area contributed by atoms with Crippen LogP contribution in [0.1, 0.15) is 57.9 Å². The number of sulfonamides is 1. The van der Waals surface area contributed by atoms with Gasteiger partial charge >= 0.3 is 0 Å². The van der Waals surface area contributed by atoms with Gasteiger partial charge in [0.2, 0.25) is 15.9 Å². The van der Waals surface area contributed by atoms with Crippen LogP contribution in [0.2, 0.25) is 0 Å². The van der Waals surface area contributed by atoms with Crippen LogP contribution in [0.4, 0.5) is 0 Å². The van der Waals surface area contributed by atoms with Gasteiger partial charge in [-0.05, 0) is 56.9 Å². The molecular weight excluding hydrogens is 360 g/mol. The molecule has 1 aromatic rings. The van der Waals surface area contributed by atoms with Crippen molar-refractivity contribution in [1.29, 1.82) is 0 Å². The fourth-order valence-corrected chi connectivity index (χ4v) is 5.56. The summed E-state index contributed by atoms with van der Waals surface area (Å²) in [5.41, 5.74) is 0.365. The maximum absolute atomic E-state index is 13.4. The molecule has 5 nitrogen and oxygen atoms in total. The number of nitrogens with one attached hydrogen (secondary N) is 1. The van der Waals surface area contributed by atoms with Crippen molar-refractivity contribution < 1.29 is 13.2 Å². The number of carbonyl (C=O) groups excluding carboxylic acids is 1. The number of amides is 1. The molecule has 0 radical (unpaired) electrons. The summed E-state index contributed by atoms with van der Waals surface area (Å²) in [5.74, 6) is 0.920. The van der Waals surface area contributed by atoms with Gasteiger partial charge in [0.15, 0.2) is 0 Å². The van der Waals surface area contributed by atoms with Gasteiger partial charge in [-0.25, -0.2) is 12.7 Å². The zero-order valence-electron chi connectivity index (χ0n) is 16.5. The SMILES string of the molecule is CCS(=O)(=O)N1CCC(C(=O)NC2CCC(C)CC2)(c2ccccc2)CC1. The van der Waals surface area contributed by atoms with Crippen molar-refractivity contribution in [2.24, 2.45) is 5.92 Å². The quantitative estimate of drug-likeness (QED) is 0.837. The van der Waals surface area contributed by atoms with Crippen molar-refractivity contribution in [3.05, 3.63) is 35.9 Å². The second kappa shape index (κ2) is 8.31. The fraction of sp³-hybridized carbons (Fsp3) is 0.667. The van der Waals surface area contributed by atoms with E-state index in [0.29, 0.717) is 25.9 Å². The smallest absolute Gasteiger partial charge is 0.230 e. The minimum Gasteiger partial charge on any atom is -0.353 e. The second-order valence-corrected chi connectivity index (χ2v) is 10.4. The van der Waals surface area contributed by atoms with E-state index in [1.807, 2.05) is 30.3 Å². The molecule has 1 aliphatic carbocycles. The van der Waals surface area contributed by atoms with E-state index in [1.54, 1.807) is 11.2 Å². The summed E-state index contributed by atoms with van der Waals surface area (Å²) in [6.45, 7) is 4.75. The average molecular weight is 393 g/mol. The molecule has 1 heterocycles. The van der Waals surface area contributed by atoms with Gasteiger partial charge in [0.1, 0.15) is 0 Å². The summed E-state index contributed by atoms with van der Waals surface area (Å²) >= 11 is 0. The maximum atomic E-state index is 13.4. The number of piperidine rings is 1. The van der Waals surface area contributed by atoms with Crippen LogP contribution in [0.5, 0.6) is 0 Å². The molecule has 0 atom stereocenters. The Balaban J connectivity index is 1.79. The Morgan fingerprint density at radius 1 is 1.11 bits per heavy atom. The summed E-state index contributed by atoms with van der Waals surface area (Å²) < 4.78 is 26.0. The van der Waals surface area contributed by atoms with Gasteiger partial charge in [-0.2, -0.15) is 0 Å². The number of hydrogen-bond acceptors (Lipinski definition) is 3. The molecule has 3 rings (SSSR count).